The maximum Gasteiger partial charge on any atom is 0.220 e. The normalized spacial score (nSPS) is 28.8. The lowest BCUT2D eigenvalue weighted by Gasteiger charge is -2.35. The zero-order valence-corrected chi connectivity index (χ0v) is 9.55. The van der Waals surface area contributed by atoms with Gasteiger partial charge in [0.25, 0.3) is 0 Å². The van der Waals surface area contributed by atoms with E-state index in [4.69, 9.17) is 0 Å². The SMILES string of the molecule is CCCC(=O)NC1CCN(C)C(C)C1. The third kappa shape index (κ3) is 3.29. The quantitative estimate of drug-likeness (QED) is 0.743. The summed E-state index contributed by atoms with van der Waals surface area (Å²) in [5, 5.41) is 3.11. The van der Waals surface area contributed by atoms with Crippen molar-refractivity contribution in [3.8, 4) is 0 Å². The molecule has 0 aromatic heterocycles. The number of hydrogen-bond acceptors (Lipinski definition) is 2. The molecule has 14 heavy (non-hydrogen) atoms. The van der Waals surface area contributed by atoms with Gasteiger partial charge in [-0.2, -0.15) is 0 Å². The fourth-order valence-corrected chi connectivity index (χ4v) is 1.95. The third-order valence-electron chi connectivity index (χ3n) is 3.05. The molecule has 3 nitrogen and oxygen atoms in total. The van der Waals surface area contributed by atoms with Gasteiger partial charge in [0.05, 0.1) is 0 Å². The minimum atomic E-state index is 0.217. The topological polar surface area (TPSA) is 32.3 Å². The summed E-state index contributed by atoms with van der Waals surface area (Å²) in [7, 11) is 2.15. The standard InChI is InChI=1S/C11H22N2O/c1-4-5-11(14)12-10-6-7-13(3)9(2)8-10/h9-10H,4-8H2,1-3H3,(H,12,14). The molecular weight excluding hydrogens is 176 g/mol. The van der Waals surface area contributed by atoms with Crippen LogP contribution in [0.25, 0.3) is 0 Å². The third-order valence-corrected chi connectivity index (χ3v) is 3.05. The minimum Gasteiger partial charge on any atom is -0.353 e. The monoisotopic (exact) mass is 198 g/mol. The van der Waals surface area contributed by atoms with Gasteiger partial charge in [-0.3, -0.25) is 4.79 Å². The van der Waals surface area contributed by atoms with Gasteiger partial charge in [-0.1, -0.05) is 6.92 Å². The molecule has 1 rings (SSSR count). The average molecular weight is 198 g/mol. The van der Waals surface area contributed by atoms with Crippen molar-refractivity contribution in [2.24, 2.45) is 0 Å². The molecule has 0 aliphatic carbocycles. The van der Waals surface area contributed by atoms with Crippen LogP contribution >= 0.6 is 0 Å². The zero-order chi connectivity index (χ0) is 10.6. The summed E-state index contributed by atoms with van der Waals surface area (Å²) in [4.78, 5) is 13.7. The molecule has 1 saturated heterocycles. The Morgan fingerprint density at radius 3 is 2.86 bits per heavy atom. The van der Waals surface area contributed by atoms with Crippen LogP contribution in [0.4, 0.5) is 0 Å². The van der Waals surface area contributed by atoms with Crippen molar-refractivity contribution in [2.45, 2.75) is 51.6 Å². The molecule has 0 spiro atoms. The van der Waals surface area contributed by atoms with Crippen LogP contribution in [0, 0.1) is 0 Å². The predicted molar refractivity (Wildman–Crippen MR) is 58.2 cm³/mol. The van der Waals surface area contributed by atoms with E-state index >= 15 is 0 Å². The zero-order valence-electron chi connectivity index (χ0n) is 9.55. The highest BCUT2D eigenvalue weighted by Crippen LogP contribution is 2.15. The number of likely N-dealkylation sites (tertiary alicyclic amines) is 1. The first-order valence-electron chi connectivity index (χ1n) is 5.63. The second-order valence-electron chi connectivity index (χ2n) is 4.37. The van der Waals surface area contributed by atoms with Crippen LogP contribution < -0.4 is 5.32 Å². The van der Waals surface area contributed by atoms with Crippen molar-refractivity contribution < 1.29 is 4.79 Å². The summed E-state index contributed by atoms with van der Waals surface area (Å²) in [5.74, 6) is 0.217. The summed E-state index contributed by atoms with van der Waals surface area (Å²) in [6.07, 6.45) is 3.79. The Morgan fingerprint density at radius 1 is 1.57 bits per heavy atom. The van der Waals surface area contributed by atoms with Crippen molar-refractivity contribution >= 4 is 5.91 Å². The fraction of sp³-hybridized carbons (Fsp3) is 0.909. The number of nitrogens with one attached hydrogen (secondary N) is 1. The highest BCUT2D eigenvalue weighted by molar-refractivity contribution is 5.76. The van der Waals surface area contributed by atoms with Crippen LogP contribution in [-0.4, -0.2) is 36.5 Å². The Hall–Kier alpha value is -0.570. The van der Waals surface area contributed by atoms with E-state index in [-0.39, 0.29) is 5.91 Å². The summed E-state index contributed by atoms with van der Waals surface area (Å²) in [6, 6.07) is 0.996. The van der Waals surface area contributed by atoms with Gasteiger partial charge in [0.1, 0.15) is 0 Å². The van der Waals surface area contributed by atoms with Crippen LogP contribution in [0.3, 0.4) is 0 Å². The molecule has 1 aliphatic heterocycles. The number of rotatable bonds is 3. The number of hydrogen-bond donors (Lipinski definition) is 1. The molecular formula is C11H22N2O. The maximum atomic E-state index is 11.4. The summed E-state index contributed by atoms with van der Waals surface area (Å²) in [5.41, 5.74) is 0. The van der Waals surface area contributed by atoms with Gasteiger partial charge in [-0.05, 0) is 33.2 Å². The lowest BCUT2D eigenvalue weighted by atomic mass is 9.99. The first kappa shape index (κ1) is 11.5. The largest absolute Gasteiger partial charge is 0.353 e. The molecule has 1 N–H and O–H groups in total. The molecule has 3 heteroatoms. The van der Waals surface area contributed by atoms with Crippen LogP contribution in [0.1, 0.15) is 39.5 Å². The highest BCUT2D eigenvalue weighted by atomic mass is 16.1. The Morgan fingerprint density at radius 2 is 2.29 bits per heavy atom. The van der Waals surface area contributed by atoms with Gasteiger partial charge in [-0.25, -0.2) is 0 Å². The second-order valence-corrected chi connectivity index (χ2v) is 4.37. The summed E-state index contributed by atoms with van der Waals surface area (Å²) in [6.45, 7) is 5.35. The fourth-order valence-electron chi connectivity index (χ4n) is 1.95. The van der Waals surface area contributed by atoms with E-state index in [1.165, 1.54) is 0 Å². The van der Waals surface area contributed by atoms with Gasteiger partial charge in [0, 0.05) is 25.0 Å². The van der Waals surface area contributed by atoms with E-state index in [1.54, 1.807) is 0 Å². The van der Waals surface area contributed by atoms with Gasteiger partial charge in [-0.15, -0.1) is 0 Å². The molecule has 0 aromatic carbocycles. The Balaban J connectivity index is 2.29. The van der Waals surface area contributed by atoms with Crippen LogP contribution in [0.2, 0.25) is 0 Å². The number of carbonyl (C=O) groups excluding carboxylic acids is 1. The van der Waals surface area contributed by atoms with E-state index in [9.17, 15) is 4.79 Å². The lowest BCUT2D eigenvalue weighted by Crippen LogP contribution is -2.47. The number of amides is 1. The van der Waals surface area contributed by atoms with Crippen LogP contribution in [0.15, 0.2) is 0 Å². The molecule has 1 heterocycles. The predicted octanol–water partition coefficient (Wildman–Crippen LogP) is 1.39. The molecule has 0 saturated carbocycles. The first-order chi connectivity index (χ1) is 6.63. The van der Waals surface area contributed by atoms with Gasteiger partial charge >= 0.3 is 0 Å². The molecule has 1 aliphatic rings. The van der Waals surface area contributed by atoms with Crippen LogP contribution in [-0.2, 0) is 4.79 Å². The molecule has 0 bridgehead atoms. The Labute approximate surface area is 86.9 Å². The molecule has 2 unspecified atom stereocenters. The molecule has 1 amide bonds. The lowest BCUT2D eigenvalue weighted by molar-refractivity contribution is -0.122. The molecule has 0 radical (unpaired) electrons. The van der Waals surface area contributed by atoms with Crippen molar-refractivity contribution in [3.05, 3.63) is 0 Å². The second kappa shape index (κ2) is 5.35. The summed E-state index contributed by atoms with van der Waals surface area (Å²) < 4.78 is 0. The van der Waals surface area contributed by atoms with E-state index in [0.29, 0.717) is 18.5 Å². The van der Waals surface area contributed by atoms with Crippen molar-refractivity contribution in [2.75, 3.05) is 13.6 Å². The Bertz CT molecular complexity index is 194. The number of carbonyl (C=O) groups is 1. The molecule has 0 aromatic rings. The van der Waals surface area contributed by atoms with E-state index in [1.807, 2.05) is 6.92 Å². The van der Waals surface area contributed by atoms with Crippen molar-refractivity contribution in [1.29, 1.82) is 0 Å². The Kier molecular flexibility index (Phi) is 4.39. The number of nitrogens with zero attached hydrogens (tertiary/aromatic N) is 1. The maximum absolute atomic E-state index is 11.4. The first-order valence-corrected chi connectivity index (χ1v) is 5.63. The summed E-state index contributed by atoms with van der Waals surface area (Å²) >= 11 is 0. The number of piperidine rings is 1. The van der Waals surface area contributed by atoms with E-state index in [0.717, 1.165) is 25.8 Å². The average Bonchev–Trinajstić information content (AvgIpc) is 2.12. The molecule has 2 atom stereocenters. The smallest absolute Gasteiger partial charge is 0.220 e. The van der Waals surface area contributed by atoms with E-state index in [2.05, 4.69) is 24.2 Å². The molecule has 82 valence electrons. The highest BCUT2D eigenvalue weighted by Gasteiger charge is 2.23. The van der Waals surface area contributed by atoms with Crippen molar-refractivity contribution in [3.63, 3.8) is 0 Å². The van der Waals surface area contributed by atoms with Gasteiger partial charge in [0.15, 0.2) is 0 Å². The van der Waals surface area contributed by atoms with Crippen molar-refractivity contribution in [1.82, 2.24) is 10.2 Å². The van der Waals surface area contributed by atoms with Gasteiger partial charge < -0.3 is 10.2 Å². The molecule has 1 fully saturated rings. The van der Waals surface area contributed by atoms with Gasteiger partial charge in [0.2, 0.25) is 5.91 Å². The van der Waals surface area contributed by atoms with Crippen LogP contribution in [0.5, 0.6) is 0 Å². The minimum absolute atomic E-state index is 0.217. The van der Waals surface area contributed by atoms with E-state index < -0.39 is 0 Å².